The summed E-state index contributed by atoms with van der Waals surface area (Å²) in [6.45, 7) is -0.200. The van der Waals surface area contributed by atoms with Crippen LogP contribution in [0.1, 0.15) is 11.3 Å². The van der Waals surface area contributed by atoms with Crippen molar-refractivity contribution >= 4 is 84.9 Å². The molecule has 5 N–H and O–H groups in total. The van der Waals surface area contributed by atoms with Gasteiger partial charge in [-0.15, -0.1) is 34.4 Å². The van der Waals surface area contributed by atoms with Crippen molar-refractivity contribution in [2.45, 2.75) is 21.8 Å². The van der Waals surface area contributed by atoms with E-state index in [-0.39, 0.29) is 33.2 Å². The Morgan fingerprint density at radius 1 is 1.29 bits per heavy atom. The van der Waals surface area contributed by atoms with Crippen molar-refractivity contribution < 1.29 is 37.9 Å². The zero-order valence-electron chi connectivity index (χ0n) is 20.8. The second-order valence-electron chi connectivity index (χ2n) is 9.16. The third-order valence-electron chi connectivity index (χ3n) is 6.50. The van der Waals surface area contributed by atoms with Crippen LogP contribution in [0.5, 0.6) is 0 Å². The van der Waals surface area contributed by atoms with Gasteiger partial charge < -0.3 is 26.3 Å². The van der Waals surface area contributed by atoms with Crippen molar-refractivity contribution in [3.63, 3.8) is 0 Å². The van der Waals surface area contributed by atoms with Crippen molar-refractivity contribution in [1.29, 1.82) is 0 Å². The average molecular weight is 658 g/mol. The molecule has 2 saturated heterocycles. The quantitative estimate of drug-likeness (QED) is 0.0970. The summed E-state index contributed by atoms with van der Waals surface area (Å²) in [5, 5.41) is 27.3. The first-order valence-electron chi connectivity index (χ1n) is 11.7. The van der Waals surface area contributed by atoms with E-state index in [0.29, 0.717) is 4.21 Å². The first-order valence-corrected chi connectivity index (χ1v) is 15.3. The number of carboxylic acids is 1. The number of halogens is 3. The lowest BCUT2D eigenvalue weighted by molar-refractivity contribution is -0.156. The Hall–Kier alpha value is -3.61. The lowest BCUT2D eigenvalue weighted by Crippen LogP contribution is -2.73. The molecule has 0 radical (unpaired) electrons. The van der Waals surface area contributed by atoms with Crippen molar-refractivity contribution in [2.75, 3.05) is 18.0 Å². The molecule has 220 valence electrons. The van der Waals surface area contributed by atoms with E-state index in [2.05, 4.69) is 15.5 Å². The van der Waals surface area contributed by atoms with Crippen LogP contribution < -0.4 is 16.5 Å². The standard InChI is InChI=1S/C24H18F3N5O6S4/c25-24(26,27)10-1-2-11-13(33)6-15(42-14(11)5-10)39-4-3-23(21(36)37)8-32-19(35)17(20(32)41-9-23)30-18(34)16(31-38)12-7-40-22(28)29-12/h1-7,17,20,38H,8-9H2,(H2,28,29)(H,30,34)(H,36,37)/t17?,20-,23?/m1/s1. The van der Waals surface area contributed by atoms with Gasteiger partial charge in [0, 0.05) is 33.8 Å². The van der Waals surface area contributed by atoms with Gasteiger partial charge in [0.25, 0.3) is 5.91 Å². The van der Waals surface area contributed by atoms with Crippen LogP contribution in [0.25, 0.3) is 10.1 Å². The highest BCUT2D eigenvalue weighted by molar-refractivity contribution is 8.04. The first-order chi connectivity index (χ1) is 19.8. The van der Waals surface area contributed by atoms with Gasteiger partial charge >= 0.3 is 12.1 Å². The normalized spacial score (nSPS) is 22.7. The Kier molecular flexibility index (Phi) is 7.99. The third kappa shape index (κ3) is 5.58. The molecule has 0 spiro atoms. The zero-order chi connectivity index (χ0) is 30.4. The number of carbonyl (C=O) groups is 3. The highest BCUT2D eigenvalue weighted by atomic mass is 32.2. The number of carboxylic acid groups (broad SMARTS) is 1. The fraction of sp³-hybridized carbons (Fsp3) is 0.250. The van der Waals surface area contributed by atoms with Crippen LogP contribution in [0.3, 0.4) is 0 Å². The van der Waals surface area contributed by atoms with Crippen LogP contribution in [0.2, 0.25) is 0 Å². The van der Waals surface area contributed by atoms with Crippen LogP contribution in [-0.4, -0.2) is 67.4 Å². The minimum atomic E-state index is -4.57. The fourth-order valence-electron chi connectivity index (χ4n) is 4.31. The number of aromatic nitrogens is 1. The van der Waals surface area contributed by atoms with Crippen molar-refractivity contribution in [1.82, 2.24) is 15.2 Å². The minimum absolute atomic E-state index is 0.0298. The van der Waals surface area contributed by atoms with E-state index in [4.69, 9.17) is 5.73 Å². The van der Waals surface area contributed by atoms with Crippen molar-refractivity contribution in [3.05, 3.63) is 62.6 Å². The topological polar surface area (TPSA) is 175 Å². The number of β-lactam (4-membered cyclic amide) rings is 1. The number of rotatable bonds is 7. The maximum absolute atomic E-state index is 13.1. The summed E-state index contributed by atoms with van der Waals surface area (Å²) in [4.78, 5) is 55.5. The summed E-state index contributed by atoms with van der Waals surface area (Å²) in [5.41, 5.74) is 2.30. The van der Waals surface area contributed by atoms with E-state index in [1.165, 1.54) is 27.8 Å². The van der Waals surface area contributed by atoms with Gasteiger partial charge in [-0.2, -0.15) is 13.2 Å². The van der Waals surface area contributed by atoms with Gasteiger partial charge in [-0.3, -0.25) is 19.2 Å². The average Bonchev–Trinajstić information content (AvgIpc) is 3.36. The molecule has 42 heavy (non-hydrogen) atoms. The Balaban J connectivity index is 1.28. The molecule has 2 aliphatic heterocycles. The van der Waals surface area contributed by atoms with Crippen LogP contribution in [-0.2, 0) is 20.6 Å². The smallest absolute Gasteiger partial charge is 0.416 e. The summed E-state index contributed by atoms with van der Waals surface area (Å²) in [5.74, 6) is -2.56. The molecule has 5 rings (SSSR count). The number of alkyl halides is 3. The van der Waals surface area contributed by atoms with Gasteiger partial charge in [-0.05, 0) is 23.6 Å². The molecule has 0 aliphatic carbocycles. The number of anilines is 1. The number of aliphatic carboxylic acids is 1. The molecular weight excluding hydrogens is 640 g/mol. The largest absolute Gasteiger partial charge is 0.481 e. The number of nitrogens with one attached hydrogen (secondary N) is 1. The number of nitrogens with zero attached hydrogens (tertiary/aromatic N) is 3. The number of thioether (sulfide) groups is 2. The second kappa shape index (κ2) is 11.2. The molecule has 0 bridgehead atoms. The summed E-state index contributed by atoms with van der Waals surface area (Å²) >= 11 is 4.11. The SMILES string of the molecule is Nc1nc(C(=NO)C(=O)NC2C(=O)N3CC(C=CSc4cc(=O)c5ccc(C(F)(F)F)cc5s4)(C(=O)O)CS[C@H]23)cs1. The van der Waals surface area contributed by atoms with Gasteiger partial charge in [0.15, 0.2) is 16.3 Å². The van der Waals surface area contributed by atoms with Gasteiger partial charge in [0.2, 0.25) is 5.91 Å². The number of hydrogen-bond donors (Lipinski definition) is 4. The number of benzene rings is 1. The molecule has 3 atom stereocenters. The molecule has 2 aromatic heterocycles. The Bertz CT molecular complexity index is 1720. The molecular formula is C24H18F3N5O6S4. The number of carbonyl (C=O) groups excluding carboxylic acids is 2. The Morgan fingerprint density at radius 2 is 2.05 bits per heavy atom. The van der Waals surface area contributed by atoms with E-state index in [1.54, 1.807) is 0 Å². The molecule has 11 nitrogen and oxygen atoms in total. The number of nitrogen functional groups attached to an aromatic ring is 1. The van der Waals surface area contributed by atoms with Gasteiger partial charge in [0.05, 0.1) is 9.77 Å². The minimum Gasteiger partial charge on any atom is -0.481 e. The second-order valence-corrected chi connectivity index (χ2v) is 13.4. The molecule has 1 aromatic carbocycles. The monoisotopic (exact) mass is 657 g/mol. The number of amides is 2. The lowest BCUT2D eigenvalue weighted by Gasteiger charge is -2.53. The third-order valence-corrected chi connectivity index (χ3v) is 10.8. The van der Waals surface area contributed by atoms with E-state index < -0.39 is 57.5 Å². The maximum Gasteiger partial charge on any atom is 0.416 e. The molecule has 4 heterocycles. The number of thiazole rings is 1. The summed E-state index contributed by atoms with van der Waals surface area (Å²) in [7, 11) is 0. The van der Waals surface area contributed by atoms with Crippen LogP contribution in [0.15, 0.2) is 55.3 Å². The molecule has 2 fully saturated rings. The van der Waals surface area contributed by atoms with Crippen LogP contribution >= 0.6 is 46.2 Å². The molecule has 2 aliphatic rings. The number of hydrogen-bond acceptors (Lipinski definition) is 12. The molecule has 2 unspecified atom stereocenters. The van der Waals surface area contributed by atoms with E-state index in [9.17, 15) is 42.7 Å². The van der Waals surface area contributed by atoms with E-state index in [0.717, 1.165) is 64.4 Å². The zero-order valence-corrected chi connectivity index (χ0v) is 24.1. The van der Waals surface area contributed by atoms with Gasteiger partial charge in [-0.25, -0.2) is 4.98 Å². The fourth-order valence-corrected chi connectivity index (χ4v) is 8.49. The number of fused-ring (bicyclic) bond motifs is 2. The Labute approximate surface area is 250 Å². The molecule has 0 saturated carbocycles. The summed E-state index contributed by atoms with van der Waals surface area (Å²) < 4.78 is 39.9. The molecule has 2 amide bonds. The molecule has 3 aromatic rings. The number of oxime groups is 1. The highest BCUT2D eigenvalue weighted by Crippen LogP contribution is 2.44. The first kappa shape index (κ1) is 29.9. The van der Waals surface area contributed by atoms with Crippen LogP contribution in [0.4, 0.5) is 18.3 Å². The van der Waals surface area contributed by atoms with Crippen LogP contribution in [0, 0.1) is 5.41 Å². The van der Waals surface area contributed by atoms with E-state index >= 15 is 0 Å². The molecule has 18 heteroatoms. The predicted octanol–water partition coefficient (Wildman–Crippen LogP) is 3.27. The summed E-state index contributed by atoms with van der Waals surface area (Å²) in [6, 6.07) is 3.15. The maximum atomic E-state index is 13.1. The Morgan fingerprint density at radius 3 is 2.69 bits per heavy atom. The van der Waals surface area contributed by atoms with Crippen molar-refractivity contribution in [2.24, 2.45) is 10.6 Å². The predicted molar refractivity (Wildman–Crippen MR) is 153 cm³/mol. The highest BCUT2D eigenvalue weighted by Gasteiger charge is 2.57. The van der Waals surface area contributed by atoms with E-state index in [1.807, 2.05) is 0 Å². The summed E-state index contributed by atoms with van der Waals surface area (Å²) in [6.07, 6.45) is -3.18. The van der Waals surface area contributed by atoms with Gasteiger partial charge in [-0.1, -0.05) is 23.0 Å². The van der Waals surface area contributed by atoms with Gasteiger partial charge in [0.1, 0.15) is 22.5 Å². The lowest BCUT2D eigenvalue weighted by atomic mass is 9.87. The number of nitrogens with two attached hydrogens (primary N) is 1. The van der Waals surface area contributed by atoms with Crippen molar-refractivity contribution in [3.8, 4) is 0 Å².